The molecule has 0 amide bonds. The number of anilines is 3. The van der Waals surface area contributed by atoms with Crippen LogP contribution in [-0.2, 0) is 68.3 Å². The average molecular weight is 1210 g/mol. The van der Waals surface area contributed by atoms with E-state index in [0.717, 1.165) is 21.8 Å². The predicted octanol–water partition coefficient (Wildman–Crippen LogP) is -2.34. The Bertz CT molecular complexity index is 3520. The van der Waals surface area contributed by atoms with Gasteiger partial charge in [-0.1, -0.05) is 0 Å². The number of hydrogen-bond donors (Lipinski definition) is 13. The summed E-state index contributed by atoms with van der Waals surface area (Å²) >= 11 is 0. The topological polar surface area (TPSA) is 589 Å². The lowest BCUT2D eigenvalue weighted by atomic mass is 10.1. The number of phosphoric acid groups is 5. The van der Waals surface area contributed by atoms with Gasteiger partial charge < -0.3 is 81.2 Å². The first-order valence-corrected chi connectivity index (χ1v) is 29.5. The van der Waals surface area contributed by atoms with Gasteiger partial charge in [-0.25, -0.2) is 67.7 Å². The van der Waals surface area contributed by atoms with E-state index in [0.29, 0.717) is 0 Å². The number of phosphoric ester groups is 3. The maximum absolute atomic E-state index is 13.9. The Morgan fingerprint density at radius 3 is 1.18 bits per heavy atom. The number of fused-ring (bicyclic) bond motifs is 3. The standard InChI is InChI=1S/C33H46N15O25P5/c1-10-40-25(34)16-28(43-10)46(7-37-16)31-22(52)19(49)13(67-31)4-64-75(56,57)70-23-20(50)14(68-32(23)47-8-38-17-26(35)41-11(2)44-29(17)47)5-65-76(58,59)71-24-21(51)15(6-66-77(60,61)73-78(62,63)72-74(53,54)55)69-33(24)48-9-39-18-27(36)42-12(3)45-30(18)48/h7-9,13-15,19-24,31-33,49-52H,4-6H2,1-3H3,(H,56,57)(H,58,59)(H,60,61)(H,62,63)(H2,34,40,43)(H2,35,41,44)(H2,36,42,45)(H2,53,54,55)/t13-,14-,15-,19-,20-,21-,22-,23-,24-,31-,32-,33-/m1/s1. The highest BCUT2D eigenvalue weighted by Crippen LogP contribution is 2.66. The third kappa shape index (κ3) is 12.2. The molecule has 3 aliphatic rings. The summed E-state index contributed by atoms with van der Waals surface area (Å²) in [6.45, 7) is 1.06. The molecule has 9 heterocycles. The van der Waals surface area contributed by atoms with E-state index >= 15 is 0 Å². The molecule has 3 aliphatic heterocycles. The molecule has 16 atom stereocenters. The van der Waals surface area contributed by atoms with E-state index in [9.17, 15) is 62.8 Å². The molecule has 16 N–H and O–H groups in total. The summed E-state index contributed by atoms with van der Waals surface area (Å²) in [5.41, 5.74) is 18.0. The van der Waals surface area contributed by atoms with Gasteiger partial charge in [-0.2, -0.15) is 8.62 Å². The zero-order valence-electron chi connectivity index (χ0n) is 39.7. The molecule has 9 rings (SSSR count). The maximum atomic E-state index is 13.9. The Hall–Kier alpha value is -4.60. The summed E-state index contributed by atoms with van der Waals surface area (Å²) in [5, 5.41) is 45.1. The molecule has 0 aromatic carbocycles. The van der Waals surface area contributed by atoms with Gasteiger partial charge in [0, 0.05) is 0 Å². The molecule has 78 heavy (non-hydrogen) atoms. The van der Waals surface area contributed by atoms with E-state index in [2.05, 4.69) is 58.0 Å². The molecule has 40 nitrogen and oxygen atoms in total. The summed E-state index contributed by atoms with van der Waals surface area (Å²) in [6, 6.07) is 0. The number of rotatable bonds is 20. The fourth-order valence-electron chi connectivity index (χ4n) is 8.37. The lowest BCUT2D eigenvalue weighted by Gasteiger charge is -2.25. The summed E-state index contributed by atoms with van der Waals surface area (Å²) < 4.78 is 118. The van der Waals surface area contributed by atoms with Gasteiger partial charge in [0.15, 0.2) is 53.1 Å². The summed E-state index contributed by atoms with van der Waals surface area (Å²) in [6.07, 6.45) is -18.7. The van der Waals surface area contributed by atoms with Crippen LogP contribution in [0, 0.1) is 20.8 Å². The number of aliphatic hydroxyl groups is 4. The highest BCUT2D eigenvalue weighted by atomic mass is 31.3. The average Bonchev–Trinajstić information content (AvgIpc) is 4.37. The van der Waals surface area contributed by atoms with Crippen molar-refractivity contribution >= 4 is 90.1 Å². The first kappa shape index (κ1) is 58.1. The van der Waals surface area contributed by atoms with Crippen molar-refractivity contribution in [1.82, 2.24) is 58.6 Å². The van der Waals surface area contributed by atoms with Crippen molar-refractivity contribution in [3.05, 3.63) is 36.5 Å². The molecule has 45 heteroatoms. The molecule has 0 aliphatic carbocycles. The van der Waals surface area contributed by atoms with Crippen molar-refractivity contribution in [2.45, 2.75) is 94.4 Å². The minimum absolute atomic E-state index is 0.00786. The predicted molar refractivity (Wildman–Crippen MR) is 250 cm³/mol. The molecule has 428 valence electrons. The number of aromatic nitrogens is 12. The minimum Gasteiger partial charge on any atom is -0.387 e. The van der Waals surface area contributed by atoms with Crippen LogP contribution in [0.25, 0.3) is 33.5 Å². The molecule has 0 radical (unpaired) electrons. The van der Waals surface area contributed by atoms with Gasteiger partial charge in [-0.05, 0) is 20.8 Å². The normalized spacial score (nSPS) is 30.0. The van der Waals surface area contributed by atoms with Gasteiger partial charge in [0.05, 0.1) is 38.8 Å². The van der Waals surface area contributed by atoms with E-state index < -0.39 is 133 Å². The molecule has 3 saturated heterocycles. The van der Waals surface area contributed by atoms with Crippen molar-refractivity contribution in [3.63, 3.8) is 0 Å². The zero-order valence-corrected chi connectivity index (χ0v) is 44.2. The van der Waals surface area contributed by atoms with E-state index in [-0.39, 0.29) is 68.4 Å². The van der Waals surface area contributed by atoms with Gasteiger partial charge in [0.25, 0.3) is 0 Å². The van der Waals surface area contributed by atoms with Crippen LogP contribution < -0.4 is 17.2 Å². The van der Waals surface area contributed by atoms with E-state index in [4.69, 9.17) is 59.3 Å². The van der Waals surface area contributed by atoms with Gasteiger partial charge in [0.1, 0.15) is 89.0 Å². The fraction of sp³-hybridized carbons (Fsp3) is 0.545. The molecule has 4 unspecified atom stereocenters. The second kappa shape index (κ2) is 21.4. The molecule has 0 saturated carbocycles. The Morgan fingerprint density at radius 1 is 0.474 bits per heavy atom. The molecule has 0 spiro atoms. The Morgan fingerprint density at radius 2 is 0.808 bits per heavy atom. The lowest BCUT2D eigenvalue weighted by molar-refractivity contribution is -0.0644. The minimum atomic E-state index is -6.01. The second-order valence-corrected chi connectivity index (χ2v) is 24.4. The Kier molecular flexibility index (Phi) is 15.9. The van der Waals surface area contributed by atoms with Gasteiger partial charge in [0.2, 0.25) is 0 Å². The van der Waals surface area contributed by atoms with Crippen LogP contribution in [0.4, 0.5) is 17.5 Å². The van der Waals surface area contributed by atoms with E-state index in [1.54, 1.807) is 6.92 Å². The lowest BCUT2D eigenvalue weighted by Crippen LogP contribution is -2.37. The number of aliphatic hydroxyl groups excluding tert-OH is 4. The van der Waals surface area contributed by atoms with Crippen LogP contribution in [0.5, 0.6) is 0 Å². The zero-order chi connectivity index (χ0) is 56.8. The van der Waals surface area contributed by atoms with Crippen LogP contribution in [0.15, 0.2) is 19.0 Å². The number of imidazole rings is 3. The van der Waals surface area contributed by atoms with Crippen molar-refractivity contribution in [3.8, 4) is 0 Å². The quantitative estimate of drug-likeness (QED) is 0.0356. The summed E-state index contributed by atoms with van der Waals surface area (Å²) in [5.74, 6) is 0.168. The Balaban J connectivity index is 0.929. The van der Waals surface area contributed by atoms with Gasteiger partial charge in [-0.15, -0.1) is 0 Å². The largest absolute Gasteiger partial charge is 0.490 e. The highest BCUT2D eigenvalue weighted by molar-refractivity contribution is 7.66. The highest BCUT2D eigenvalue weighted by Gasteiger charge is 2.54. The van der Waals surface area contributed by atoms with Crippen LogP contribution in [0.2, 0.25) is 0 Å². The van der Waals surface area contributed by atoms with Crippen LogP contribution in [-0.4, -0.2) is 183 Å². The van der Waals surface area contributed by atoms with Crippen molar-refractivity contribution in [2.75, 3.05) is 37.0 Å². The number of nitrogen functional groups attached to an aromatic ring is 3. The van der Waals surface area contributed by atoms with Gasteiger partial charge >= 0.3 is 39.1 Å². The summed E-state index contributed by atoms with van der Waals surface area (Å²) in [7, 11) is -28.7. The number of hydrogen-bond acceptors (Lipinski definition) is 31. The molecular weight excluding hydrogens is 1160 g/mol. The number of aryl methyl sites for hydroxylation is 3. The van der Waals surface area contributed by atoms with Crippen molar-refractivity contribution in [2.24, 2.45) is 0 Å². The third-order valence-electron chi connectivity index (χ3n) is 11.6. The SMILES string of the molecule is Cc1nc(N)c2ncn([C@@H]3O[C@H](COP(=O)(O)O[C@@H]4[C@H](O)[C@@H](COP(=O)(O)O[C@@H]5[C@H](O)[C@@H](COP(=O)(O)OP(=O)(O)OP(=O)(O)O)O[C@H]5n5cnc6c(N)nc(C)nc65)O[C@H]4n4cnc5c(N)nc(C)nc54)[C@@H](O)[C@H]3O)c2n1. The van der Waals surface area contributed by atoms with Crippen LogP contribution in [0.1, 0.15) is 36.2 Å². The van der Waals surface area contributed by atoms with E-state index in [1.807, 2.05) is 0 Å². The van der Waals surface area contributed by atoms with Gasteiger partial charge in [-0.3, -0.25) is 36.3 Å². The fourth-order valence-corrected chi connectivity index (χ4v) is 13.3. The monoisotopic (exact) mass is 1210 g/mol. The number of ether oxygens (including phenoxy) is 3. The molecule has 6 aromatic heterocycles. The Labute approximate surface area is 433 Å². The van der Waals surface area contributed by atoms with Crippen LogP contribution in [0.3, 0.4) is 0 Å². The first-order valence-electron chi connectivity index (χ1n) is 22.0. The third-order valence-corrected chi connectivity index (χ3v) is 17.4. The second-order valence-electron chi connectivity index (χ2n) is 17.2. The van der Waals surface area contributed by atoms with E-state index in [1.165, 1.54) is 24.7 Å². The first-order chi connectivity index (χ1) is 36.3. The van der Waals surface area contributed by atoms with Crippen molar-refractivity contribution < 1.29 is 118 Å². The molecule has 0 bridgehead atoms. The molecular formula is C33H46N15O25P5. The van der Waals surface area contributed by atoms with Crippen molar-refractivity contribution in [1.29, 1.82) is 0 Å². The summed E-state index contributed by atoms with van der Waals surface area (Å²) in [4.78, 5) is 97.0. The maximum Gasteiger partial charge on any atom is 0.490 e. The smallest absolute Gasteiger partial charge is 0.387 e. The number of nitrogens with zero attached hydrogens (tertiary/aromatic N) is 12. The van der Waals surface area contributed by atoms with Crippen LogP contribution >= 0.6 is 39.1 Å². The number of nitrogens with two attached hydrogens (primary N) is 3. The molecule has 3 fully saturated rings. The molecule has 6 aromatic rings.